The zero-order valence-corrected chi connectivity index (χ0v) is 10.9. The molecule has 0 aromatic heterocycles. The van der Waals surface area contributed by atoms with Gasteiger partial charge in [0.15, 0.2) is 0 Å². The van der Waals surface area contributed by atoms with E-state index >= 15 is 0 Å². The third kappa shape index (κ3) is 2.89. The Balaban J connectivity index is 3.16. The second kappa shape index (κ2) is 5.55. The van der Waals surface area contributed by atoms with Crippen LogP contribution in [0.3, 0.4) is 0 Å². The summed E-state index contributed by atoms with van der Waals surface area (Å²) in [6, 6.07) is 3.87. The van der Waals surface area contributed by atoms with E-state index in [4.69, 9.17) is 17.3 Å². The topological polar surface area (TPSA) is 46.2 Å². The van der Waals surface area contributed by atoms with Crippen LogP contribution in [0.4, 0.5) is 0 Å². The van der Waals surface area contributed by atoms with E-state index in [2.05, 4.69) is 20.8 Å². The minimum Gasteiger partial charge on any atom is -0.506 e. The Kier molecular flexibility index (Phi) is 4.63. The van der Waals surface area contributed by atoms with E-state index in [0.717, 1.165) is 17.5 Å². The molecule has 1 aromatic carbocycles. The Labute approximate surface area is 102 Å². The molecule has 0 saturated carbocycles. The standard InChI is InChI=1S/C13H20ClNO/c1-8(2)10-6-11(9(3)4-5-15)13(16)12(14)7-10/h6-9,16H,4-5,15H2,1-3H3. The highest BCUT2D eigenvalue weighted by Crippen LogP contribution is 2.36. The third-order valence-corrected chi connectivity index (χ3v) is 3.20. The van der Waals surface area contributed by atoms with Gasteiger partial charge in [-0.2, -0.15) is 0 Å². The predicted octanol–water partition coefficient (Wildman–Crippen LogP) is 3.62. The van der Waals surface area contributed by atoms with Crippen molar-refractivity contribution in [3.63, 3.8) is 0 Å². The summed E-state index contributed by atoms with van der Waals surface area (Å²) in [4.78, 5) is 0. The quantitative estimate of drug-likeness (QED) is 0.846. The minimum absolute atomic E-state index is 0.201. The lowest BCUT2D eigenvalue weighted by atomic mass is 9.92. The molecule has 90 valence electrons. The molecular weight excluding hydrogens is 222 g/mol. The fourth-order valence-corrected chi connectivity index (χ4v) is 1.99. The van der Waals surface area contributed by atoms with Crippen molar-refractivity contribution in [2.45, 2.75) is 39.0 Å². The summed E-state index contributed by atoms with van der Waals surface area (Å²) < 4.78 is 0. The van der Waals surface area contributed by atoms with Gasteiger partial charge in [-0.25, -0.2) is 0 Å². The average Bonchev–Trinajstić information content (AvgIpc) is 2.21. The summed E-state index contributed by atoms with van der Waals surface area (Å²) in [7, 11) is 0. The molecule has 0 spiro atoms. The van der Waals surface area contributed by atoms with Crippen molar-refractivity contribution in [2.24, 2.45) is 5.73 Å². The number of halogens is 1. The van der Waals surface area contributed by atoms with Crippen molar-refractivity contribution < 1.29 is 5.11 Å². The molecule has 0 aliphatic carbocycles. The van der Waals surface area contributed by atoms with Crippen LogP contribution in [0.2, 0.25) is 5.02 Å². The number of phenolic OH excluding ortho intramolecular Hbond substituents is 1. The highest BCUT2D eigenvalue weighted by atomic mass is 35.5. The molecule has 0 aliphatic rings. The van der Waals surface area contributed by atoms with Gasteiger partial charge in [0.1, 0.15) is 5.75 Å². The van der Waals surface area contributed by atoms with Crippen LogP contribution in [0, 0.1) is 0 Å². The Bertz CT molecular complexity index is 363. The maximum absolute atomic E-state index is 9.93. The van der Waals surface area contributed by atoms with Crippen LogP contribution in [-0.4, -0.2) is 11.7 Å². The number of hydrogen-bond acceptors (Lipinski definition) is 2. The van der Waals surface area contributed by atoms with E-state index in [0.29, 0.717) is 17.5 Å². The first kappa shape index (κ1) is 13.3. The summed E-state index contributed by atoms with van der Waals surface area (Å²) in [6.45, 7) is 6.90. The second-order valence-corrected chi connectivity index (χ2v) is 4.98. The molecule has 0 amide bonds. The molecular formula is C13H20ClNO. The summed E-state index contributed by atoms with van der Waals surface area (Å²) in [5, 5.41) is 10.4. The Hall–Kier alpha value is -0.730. The number of benzene rings is 1. The van der Waals surface area contributed by atoms with Gasteiger partial charge in [-0.3, -0.25) is 0 Å². The first-order chi connectivity index (χ1) is 7.47. The van der Waals surface area contributed by atoms with E-state index < -0.39 is 0 Å². The zero-order valence-electron chi connectivity index (χ0n) is 10.1. The van der Waals surface area contributed by atoms with E-state index in [1.165, 1.54) is 0 Å². The van der Waals surface area contributed by atoms with Crippen LogP contribution in [0.25, 0.3) is 0 Å². The van der Waals surface area contributed by atoms with Crippen molar-refractivity contribution >= 4 is 11.6 Å². The smallest absolute Gasteiger partial charge is 0.137 e. The van der Waals surface area contributed by atoms with Crippen LogP contribution < -0.4 is 5.73 Å². The zero-order chi connectivity index (χ0) is 12.3. The lowest BCUT2D eigenvalue weighted by Gasteiger charge is -2.16. The number of rotatable bonds is 4. The van der Waals surface area contributed by atoms with Gasteiger partial charge in [0.2, 0.25) is 0 Å². The van der Waals surface area contributed by atoms with Crippen LogP contribution in [0.5, 0.6) is 5.75 Å². The van der Waals surface area contributed by atoms with Crippen LogP contribution in [0.15, 0.2) is 12.1 Å². The molecule has 3 heteroatoms. The molecule has 0 heterocycles. The summed E-state index contributed by atoms with van der Waals surface area (Å²) in [5.41, 5.74) is 7.60. The van der Waals surface area contributed by atoms with Crippen LogP contribution in [0.1, 0.15) is 50.2 Å². The molecule has 1 unspecified atom stereocenters. The van der Waals surface area contributed by atoms with Gasteiger partial charge in [-0.1, -0.05) is 38.4 Å². The van der Waals surface area contributed by atoms with Crippen molar-refractivity contribution in [3.8, 4) is 5.75 Å². The maximum Gasteiger partial charge on any atom is 0.137 e. The van der Waals surface area contributed by atoms with Crippen molar-refractivity contribution in [2.75, 3.05) is 6.54 Å². The van der Waals surface area contributed by atoms with Crippen LogP contribution >= 0.6 is 11.6 Å². The summed E-state index contributed by atoms with van der Waals surface area (Å²) in [6.07, 6.45) is 0.853. The predicted molar refractivity (Wildman–Crippen MR) is 69.3 cm³/mol. The second-order valence-electron chi connectivity index (χ2n) is 4.57. The molecule has 0 bridgehead atoms. The largest absolute Gasteiger partial charge is 0.506 e. The highest BCUT2D eigenvalue weighted by molar-refractivity contribution is 6.32. The number of phenols is 1. The van der Waals surface area contributed by atoms with Gasteiger partial charge in [-0.05, 0) is 42.0 Å². The number of nitrogens with two attached hydrogens (primary N) is 1. The number of hydrogen-bond donors (Lipinski definition) is 2. The van der Waals surface area contributed by atoms with E-state index in [1.54, 1.807) is 0 Å². The monoisotopic (exact) mass is 241 g/mol. The van der Waals surface area contributed by atoms with Gasteiger partial charge >= 0.3 is 0 Å². The lowest BCUT2D eigenvalue weighted by Crippen LogP contribution is -2.05. The van der Waals surface area contributed by atoms with Gasteiger partial charge in [0.25, 0.3) is 0 Å². The van der Waals surface area contributed by atoms with Crippen molar-refractivity contribution in [3.05, 3.63) is 28.3 Å². The van der Waals surface area contributed by atoms with E-state index in [1.807, 2.05) is 12.1 Å². The first-order valence-electron chi connectivity index (χ1n) is 5.69. The van der Waals surface area contributed by atoms with Gasteiger partial charge < -0.3 is 10.8 Å². The molecule has 3 N–H and O–H groups in total. The average molecular weight is 242 g/mol. The normalized spacial score (nSPS) is 13.1. The third-order valence-electron chi connectivity index (χ3n) is 2.91. The van der Waals surface area contributed by atoms with Gasteiger partial charge in [0.05, 0.1) is 5.02 Å². The van der Waals surface area contributed by atoms with Crippen molar-refractivity contribution in [1.82, 2.24) is 0 Å². The molecule has 1 atom stereocenters. The fourth-order valence-electron chi connectivity index (χ4n) is 1.76. The Morgan fingerprint density at radius 2 is 1.94 bits per heavy atom. The molecule has 16 heavy (non-hydrogen) atoms. The van der Waals surface area contributed by atoms with E-state index in [9.17, 15) is 5.11 Å². The Morgan fingerprint density at radius 3 is 2.44 bits per heavy atom. The first-order valence-corrected chi connectivity index (χ1v) is 6.07. The summed E-state index contributed by atoms with van der Waals surface area (Å²) >= 11 is 6.03. The molecule has 2 nitrogen and oxygen atoms in total. The fraction of sp³-hybridized carbons (Fsp3) is 0.538. The van der Waals surface area contributed by atoms with Gasteiger partial charge in [-0.15, -0.1) is 0 Å². The molecule has 0 saturated heterocycles. The van der Waals surface area contributed by atoms with Crippen molar-refractivity contribution in [1.29, 1.82) is 0 Å². The minimum atomic E-state index is 0.201. The van der Waals surface area contributed by atoms with Crippen LogP contribution in [-0.2, 0) is 0 Å². The molecule has 0 aliphatic heterocycles. The SMILES string of the molecule is CC(C)c1cc(Cl)c(O)c(C(C)CCN)c1. The highest BCUT2D eigenvalue weighted by Gasteiger charge is 2.15. The van der Waals surface area contributed by atoms with Gasteiger partial charge in [0, 0.05) is 0 Å². The lowest BCUT2D eigenvalue weighted by molar-refractivity contribution is 0.460. The Morgan fingerprint density at radius 1 is 1.31 bits per heavy atom. The molecule has 0 radical (unpaired) electrons. The van der Waals surface area contributed by atoms with E-state index in [-0.39, 0.29) is 11.7 Å². The molecule has 0 fully saturated rings. The summed E-state index contributed by atoms with van der Waals surface area (Å²) in [5.74, 6) is 0.843. The molecule has 1 rings (SSSR count). The molecule has 1 aromatic rings. The maximum atomic E-state index is 9.93. The number of aromatic hydroxyl groups is 1.